The van der Waals surface area contributed by atoms with E-state index in [0.717, 1.165) is 11.4 Å². The number of hydrogen-bond acceptors (Lipinski definition) is 5. The molecule has 126 valence electrons. The number of nitrogens with zero attached hydrogens (tertiary/aromatic N) is 1. The van der Waals surface area contributed by atoms with Crippen LogP contribution in [0.4, 0.5) is 5.69 Å². The Kier molecular flexibility index (Phi) is 6.19. The molecule has 6 nitrogen and oxygen atoms in total. The average molecular weight is 327 g/mol. The molecule has 0 spiro atoms. The molecule has 0 aliphatic carbocycles. The number of hydrogen-bond donors (Lipinski definition) is 3. The molecule has 0 heterocycles. The predicted molar refractivity (Wildman–Crippen MR) is 94.5 cm³/mol. The van der Waals surface area contributed by atoms with Crippen LogP contribution in [0.5, 0.6) is 11.5 Å². The molecule has 2 rings (SSSR count). The molecule has 1 atom stereocenters. The minimum Gasteiger partial charge on any atom is -0.507 e. The third-order valence-corrected chi connectivity index (χ3v) is 3.26. The number of para-hydroxylation sites is 1. The first-order valence-corrected chi connectivity index (χ1v) is 7.70. The van der Waals surface area contributed by atoms with Crippen molar-refractivity contribution in [3.63, 3.8) is 0 Å². The lowest BCUT2D eigenvalue weighted by molar-refractivity contribution is -0.121. The van der Waals surface area contributed by atoms with Crippen molar-refractivity contribution in [2.24, 2.45) is 5.10 Å². The second-order valence-corrected chi connectivity index (χ2v) is 5.12. The second-order valence-electron chi connectivity index (χ2n) is 5.12. The largest absolute Gasteiger partial charge is 0.507 e. The molecule has 2 aromatic carbocycles. The number of carbonyl (C=O) groups is 1. The van der Waals surface area contributed by atoms with E-state index >= 15 is 0 Å². The van der Waals surface area contributed by atoms with E-state index in [4.69, 9.17) is 4.74 Å². The first kappa shape index (κ1) is 17.3. The minimum atomic E-state index is -0.468. The summed E-state index contributed by atoms with van der Waals surface area (Å²) in [6, 6.07) is 13.7. The zero-order valence-electron chi connectivity index (χ0n) is 13.7. The van der Waals surface area contributed by atoms with Gasteiger partial charge in [0.1, 0.15) is 17.5 Å². The van der Waals surface area contributed by atoms with Crippen LogP contribution in [0, 0.1) is 0 Å². The molecule has 0 saturated heterocycles. The van der Waals surface area contributed by atoms with Gasteiger partial charge in [0, 0.05) is 11.3 Å². The van der Waals surface area contributed by atoms with Crippen molar-refractivity contribution in [2.45, 2.75) is 19.9 Å². The SMILES string of the molecule is CCOc1ccc(N[C@H](C)C(=O)N/N=C\c2ccccc2O)cc1. The van der Waals surface area contributed by atoms with Crippen molar-refractivity contribution >= 4 is 17.8 Å². The van der Waals surface area contributed by atoms with Gasteiger partial charge >= 0.3 is 0 Å². The van der Waals surface area contributed by atoms with E-state index in [9.17, 15) is 9.90 Å². The Hall–Kier alpha value is -3.02. The molecule has 0 aliphatic heterocycles. The van der Waals surface area contributed by atoms with Crippen molar-refractivity contribution in [3.05, 3.63) is 54.1 Å². The zero-order chi connectivity index (χ0) is 17.4. The number of amides is 1. The highest BCUT2D eigenvalue weighted by atomic mass is 16.5. The van der Waals surface area contributed by atoms with Gasteiger partial charge < -0.3 is 15.2 Å². The number of hydrazone groups is 1. The maximum absolute atomic E-state index is 12.0. The Balaban J connectivity index is 1.86. The van der Waals surface area contributed by atoms with E-state index in [1.807, 2.05) is 31.2 Å². The van der Waals surface area contributed by atoms with Crippen molar-refractivity contribution in [1.82, 2.24) is 5.43 Å². The number of phenols is 1. The Morgan fingerprint density at radius 3 is 2.62 bits per heavy atom. The van der Waals surface area contributed by atoms with Crippen LogP contribution in [0.2, 0.25) is 0 Å². The number of phenolic OH excluding ortho intramolecular Hbond substituents is 1. The van der Waals surface area contributed by atoms with Crippen molar-refractivity contribution in [2.75, 3.05) is 11.9 Å². The topological polar surface area (TPSA) is 83.0 Å². The summed E-state index contributed by atoms with van der Waals surface area (Å²) in [5, 5.41) is 16.6. The highest BCUT2D eigenvalue weighted by Crippen LogP contribution is 2.16. The lowest BCUT2D eigenvalue weighted by atomic mass is 10.2. The summed E-state index contributed by atoms with van der Waals surface area (Å²) in [4.78, 5) is 12.0. The van der Waals surface area contributed by atoms with E-state index < -0.39 is 6.04 Å². The highest BCUT2D eigenvalue weighted by molar-refractivity contribution is 5.87. The van der Waals surface area contributed by atoms with E-state index in [0.29, 0.717) is 12.2 Å². The third kappa shape index (κ3) is 5.01. The molecular weight excluding hydrogens is 306 g/mol. The molecule has 0 fully saturated rings. The smallest absolute Gasteiger partial charge is 0.262 e. The first-order chi connectivity index (χ1) is 11.6. The fourth-order valence-corrected chi connectivity index (χ4v) is 1.99. The predicted octanol–water partition coefficient (Wildman–Crippen LogP) is 2.74. The van der Waals surface area contributed by atoms with Crippen molar-refractivity contribution in [3.8, 4) is 11.5 Å². The normalized spacial score (nSPS) is 11.9. The molecule has 2 aromatic rings. The summed E-state index contributed by atoms with van der Waals surface area (Å²) < 4.78 is 5.37. The summed E-state index contributed by atoms with van der Waals surface area (Å²) in [6.45, 7) is 4.27. The number of carbonyl (C=O) groups excluding carboxylic acids is 1. The van der Waals surface area contributed by atoms with Gasteiger partial charge in [-0.05, 0) is 50.2 Å². The van der Waals surface area contributed by atoms with Crippen LogP contribution in [-0.4, -0.2) is 29.9 Å². The third-order valence-electron chi connectivity index (χ3n) is 3.26. The fourth-order valence-electron chi connectivity index (χ4n) is 1.99. The molecule has 0 aliphatic rings. The van der Waals surface area contributed by atoms with Gasteiger partial charge in [-0.25, -0.2) is 5.43 Å². The van der Waals surface area contributed by atoms with Gasteiger partial charge in [-0.2, -0.15) is 5.10 Å². The molecule has 24 heavy (non-hydrogen) atoms. The molecule has 1 amide bonds. The number of aromatic hydroxyl groups is 1. The Bertz CT molecular complexity index is 699. The van der Waals surface area contributed by atoms with Gasteiger partial charge in [0.2, 0.25) is 0 Å². The summed E-state index contributed by atoms with van der Waals surface area (Å²) in [5.74, 6) is 0.610. The number of benzene rings is 2. The van der Waals surface area contributed by atoms with E-state index in [1.54, 1.807) is 31.2 Å². The molecule has 6 heteroatoms. The maximum atomic E-state index is 12.0. The maximum Gasteiger partial charge on any atom is 0.262 e. The van der Waals surface area contributed by atoms with E-state index in [2.05, 4.69) is 15.8 Å². The molecule has 3 N–H and O–H groups in total. The zero-order valence-corrected chi connectivity index (χ0v) is 13.7. The van der Waals surface area contributed by atoms with E-state index in [-0.39, 0.29) is 11.7 Å². The van der Waals surface area contributed by atoms with Crippen LogP contribution < -0.4 is 15.5 Å². The minimum absolute atomic E-state index is 0.107. The van der Waals surface area contributed by atoms with Crippen molar-refractivity contribution < 1.29 is 14.6 Å². The van der Waals surface area contributed by atoms with Crippen molar-refractivity contribution in [1.29, 1.82) is 0 Å². The van der Waals surface area contributed by atoms with Gasteiger partial charge in [0.05, 0.1) is 12.8 Å². The molecular formula is C18H21N3O3. The first-order valence-electron chi connectivity index (χ1n) is 7.70. The second kappa shape index (κ2) is 8.57. The number of rotatable bonds is 7. The standard InChI is InChI=1S/C18H21N3O3/c1-3-24-16-10-8-15(9-11-16)20-13(2)18(23)21-19-12-14-6-4-5-7-17(14)22/h4-13,20,22H,3H2,1-2H3,(H,21,23)/b19-12-/t13-/m1/s1. The fraction of sp³-hybridized carbons (Fsp3) is 0.222. The van der Waals surface area contributed by atoms with Gasteiger partial charge in [-0.15, -0.1) is 0 Å². The average Bonchev–Trinajstić information content (AvgIpc) is 2.58. The molecule has 0 unspecified atom stereocenters. The Morgan fingerprint density at radius 2 is 1.96 bits per heavy atom. The van der Waals surface area contributed by atoms with Crippen LogP contribution >= 0.6 is 0 Å². The Labute approximate surface area is 141 Å². The number of ether oxygens (including phenoxy) is 1. The lowest BCUT2D eigenvalue weighted by Gasteiger charge is -2.14. The van der Waals surface area contributed by atoms with Crippen LogP contribution in [0.25, 0.3) is 0 Å². The summed E-state index contributed by atoms with van der Waals surface area (Å²) in [7, 11) is 0. The lowest BCUT2D eigenvalue weighted by Crippen LogP contribution is -2.34. The monoisotopic (exact) mass is 327 g/mol. The molecule has 0 saturated carbocycles. The van der Waals surface area contributed by atoms with Gasteiger partial charge in [0.25, 0.3) is 5.91 Å². The van der Waals surface area contributed by atoms with Crippen LogP contribution in [-0.2, 0) is 4.79 Å². The Morgan fingerprint density at radius 1 is 1.25 bits per heavy atom. The highest BCUT2D eigenvalue weighted by Gasteiger charge is 2.11. The summed E-state index contributed by atoms with van der Waals surface area (Å²) in [6.07, 6.45) is 1.40. The number of nitrogens with one attached hydrogen (secondary N) is 2. The number of anilines is 1. The van der Waals surface area contributed by atoms with Gasteiger partial charge in [0.15, 0.2) is 0 Å². The molecule has 0 radical (unpaired) electrons. The van der Waals surface area contributed by atoms with Crippen LogP contribution in [0.3, 0.4) is 0 Å². The summed E-state index contributed by atoms with van der Waals surface area (Å²) in [5.41, 5.74) is 3.79. The van der Waals surface area contributed by atoms with Crippen LogP contribution in [0.15, 0.2) is 53.6 Å². The van der Waals surface area contributed by atoms with E-state index in [1.165, 1.54) is 6.21 Å². The quantitative estimate of drug-likeness (QED) is 0.539. The molecule has 0 bridgehead atoms. The van der Waals surface area contributed by atoms with Gasteiger partial charge in [-0.3, -0.25) is 4.79 Å². The summed E-state index contributed by atoms with van der Waals surface area (Å²) >= 11 is 0. The van der Waals surface area contributed by atoms with Gasteiger partial charge in [-0.1, -0.05) is 12.1 Å². The van der Waals surface area contributed by atoms with Crippen LogP contribution in [0.1, 0.15) is 19.4 Å². The molecule has 0 aromatic heterocycles.